The van der Waals surface area contributed by atoms with Gasteiger partial charge in [-0.15, -0.1) is 0 Å². The predicted octanol–water partition coefficient (Wildman–Crippen LogP) is 2.87. The number of amides is 1. The quantitative estimate of drug-likeness (QED) is 0.834. The Kier molecular flexibility index (Phi) is 6.00. The first-order valence-electron chi connectivity index (χ1n) is 9.54. The number of nitrogens with one attached hydrogen (secondary N) is 1. The normalized spacial score (nSPS) is 17.3. The molecule has 2 heterocycles. The van der Waals surface area contributed by atoms with Gasteiger partial charge in [-0.05, 0) is 29.8 Å². The maximum absolute atomic E-state index is 12.4. The smallest absolute Gasteiger partial charge is 0.238 e. The van der Waals surface area contributed by atoms with E-state index in [2.05, 4.69) is 27.2 Å². The molecule has 28 heavy (non-hydrogen) atoms. The molecule has 4 rings (SSSR count). The Bertz CT molecular complexity index is 820. The van der Waals surface area contributed by atoms with Crippen LogP contribution in [0.25, 0.3) is 0 Å². The zero-order valence-electron chi connectivity index (χ0n) is 15.7. The van der Waals surface area contributed by atoms with Crippen LogP contribution in [-0.2, 0) is 11.3 Å². The molecular weight excluding hydrogens is 378 g/mol. The fourth-order valence-electron chi connectivity index (χ4n) is 3.48. The Labute approximate surface area is 170 Å². The van der Waals surface area contributed by atoms with E-state index in [-0.39, 0.29) is 5.91 Å². The minimum atomic E-state index is -0.0113. The molecule has 7 heteroatoms. The summed E-state index contributed by atoms with van der Waals surface area (Å²) in [6.45, 7) is 6.04. The number of anilines is 1. The van der Waals surface area contributed by atoms with Crippen LogP contribution in [0.15, 0.2) is 42.5 Å². The first-order valence-corrected chi connectivity index (χ1v) is 9.92. The van der Waals surface area contributed by atoms with Gasteiger partial charge in [0.05, 0.1) is 6.54 Å². The largest absolute Gasteiger partial charge is 0.486 e. The Morgan fingerprint density at radius 1 is 0.929 bits per heavy atom. The zero-order valence-corrected chi connectivity index (χ0v) is 16.5. The average molecular weight is 402 g/mol. The second kappa shape index (κ2) is 8.82. The SMILES string of the molecule is O=C(CN1CCN(Cc2ccc(Cl)cc2)CC1)Nc1ccc2c(c1)OCCO2. The molecule has 0 spiro atoms. The Hall–Kier alpha value is -2.28. The fraction of sp³-hybridized carbons (Fsp3) is 0.381. The summed E-state index contributed by atoms with van der Waals surface area (Å²) in [5.74, 6) is 1.39. The molecule has 1 fully saturated rings. The molecule has 2 aliphatic rings. The number of halogens is 1. The number of benzene rings is 2. The van der Waals surface area contributed by atoms with Crippen molar-refractivity contribution in [2.75, 3.05) is 51.3 Å². The lowest BCUT2D eigenvalue weighted by Crippen LogP contribution is -2.48. The lowest BCUT2D eigenvalue weighted by molar-refractivity contribution is -0.117. The zero-order chi connectivity index (χ0) is 19.3. The third-order valence-corrected chi connectivity index (χ3v) is 5.23. The molecule has 1 saturated heterocycles. The van der Waals surface area contributed by atoms with Crippen molar-refractivity contribution in [3.8, 4) is 11.5 Å². The van der Waals surface area contributed by atoms with Crippen molar-refractivity contribution in [3.05, 3.63) is 53.1 Å². The van der Waals surface area contributed by atoms with Gasteiger partial charge in [0.15, 0.2) is 11.5 Å². The van der Waals surface area contributed by atoms with E-state index in [1.165, 1.54) is 5.56 Å². The summed E-state index contributed by atoms with van der Waals surface area (Å²) in [5, 5.41) is 3.72. The molecule has 0 aliphatic carbocycles. The lowest BCUT2D eigenvalue weighted by atomic mass is 10.2. The molecule has 6 nitrogen and oxygen atoms in total. The number of piperazine rings is 1. The van der Waals surface area contributed by atoms with Crippen molar-refractivity contribution < 1.29 is 14.3 Å². The summed E-state index contributed by atoms with van der Waals surface area (Å²) in [6, 6.07) is 13.5. The molecule has 0 saturated carbocycles. The Morgan fingerprint density at radius 2 is 1.61 bits per heavy atom. The number of rotatable bonds is 5. The van der Waals surface area contributed by atoms with Crippen LogP contribution in [0.1, 0.15) is 5.56 Å². The summed E-state index contributed by atoms with van der Waals surface area (Å²) in [6.07, 6.45) is 0. The highest BCUT2D eigenvalue weighted by molar-refractivity contribution is 6.30. The summed E-state index contributed by atoms with van der Waals surface area (Å²) in [5.41, 5.74) is 1.99. The first kappa shape index (κ1) is 19.1. The van der Waals surface area contributed by atoms with Gasteiger partial charge in [0.2, 0.25) is 5.91 Å². The van der Waals surface area contributed by atoms with Gasteiger partial charge in [0, 0.05) is 49.5 Å². The third-order valence-electron chi connectivity index (χ3n) is 4.98. The van der Waals surface area contributed by atoms with Gasteiger partial charge in [-0.3, -0.25) is 14.6 Å². The van der Waals surface area contributed by atoms with E-state index in [9.17, 15) is 4.79 Å². The van der Waals surface area contributed by atoms with Crippen molar-refractivity contribution in [2.24, 2.45) is 0 Å². The minimum absolute atomic E-state index is 0.0113. The number of fused-ring (bicyclic) bond motifs is 1. The van der Waals surface area contributed by atoms with Gasteiger partial charge in [-0.25, -0.2) is 0 Å². The molecule has 1 N–H and O–H groups in total. The Balaban J connectivity index is 1.23. The van der Waals surface area contributed by atoms with Gasteiger partial charge in [0.1, 0.15) is 13.2 Å². The molecular formula is C21H24ClN3O3. The van der Waals surface area contributed by atoms with Crippen LogP contribution >= 0.6 is 11.6 Å². The van der Waals surface area contributed by atoms with Crippen LogP contribution < -0.4 is 14.8 Å². The highest BCUT2D eigenvalue weighted by atomic mass is 35.5. The molecule has 1 amide bonds. The molecule has 0 aromatic heterocycles. The van der Waals surface area contributed by atoms with E-state index in [1.807, 2.05) is 30.3 Å². The maximum Gasteiger partial charge on any atom is 0.238 e. The van der Waals surface area contributed by atoms with Crippen molar-refractivity contribution >= 4 is 23.2 Å². The molecule has 0 unspecified atom stereocenters. The monoisotopic (exact) mass is 401 g/mol. The highest BCUT2D eigenvalue weighted by Crippen LogP contribution is 2.32. The van der Waals surface area contributed by atoms with Gasteiger partial charge in [-0.1, -0.05) is 23.7 Å². The predicted molar refractivity (Wildman–Crippen MR) is 109 cm³/mol. The van der Waals surface area contributed by atoms with Crippen molar-refractivity contribution in [3.63, 3.8) is 0 Å². The number of ether oxygens (including phenoxy) is 2. The van der Waals surface area contributed by atoms with Gasteiger partial charge in [-0.2, -0.15) is 0 Å². The van der Waals surface area contributed by atoms with E-state index >= 15 is 0 Å². The van der Waals surface area contributed by atoms with Crippen LogP contribution in [0.2, 0.25) is 5.02 Å². The van der Waals surface area contributed by atoms with Crippen LogP contribution in [0.4, 0.5) is 5.69 Å². The molecule has 2 aromatic carbocycles. The van der Waals surface area contributed by atoms with Crippen LogP contribution in [0, 0.1) is 0 Å². The molecule has 0 bridgehead atoms. The Morgan fingerprint density at radius 3 is 2.36 bits per heavy atom. The van der Waals surface area contributed by atoms with E-state index in [4.69, 9.17) is 21.1 Å². The second-order valence-corrected chi connectivity index (χ2v) is 7.52. The summed E-state index contributed by atoms with van der Waals surface area (Å²) >= 11 is 5.94. The standard InChI is InChI=1S/C21H24ClN3O3/c22-17-3-1-16(2-4-17)14-24-7-9-25(10-8-24)15-21(26)23-18-5-6-19-20(13-18)28-12-11-27-19/h1-6,13H,7-12,14-15H2,(H,23,26). The van der Waals surface area contributed by atoms with Crippen molar-refractivity contribution in [1.82, 2.24) is 9.80 Å². The van der Waals surface area contributed by atoms with E-state index in [0.717, 1.165) is 49.2 Å². The molecule has 2 aliphatic heterocycles. The van der Waals surface area contributed by atoms with Gasteiger partial charge in [0.25, 0.3) is 0 Å². The third kappa shape index (κ3) is 4.95. The van der Waals surface area contributed by atoms with Crippen LogP contribution in [0.3, 0.4) is 0 Å². The second-order valence-electron chi connectivity index (χ2n) is 7.09. The summed E-state index contributed by atoms with van der Waals surface area (Å²) in [4.78, 5) is 17.0. The fourth-order valence-corrected chi connectivity index (χ4v) is 3.60. The number of nitrogens with zero attached hydrogens (tertiary/aromatic N) is 2. The average Bonchev–Trinajstić information content (AvgIpc) is 2.71. The minimum Gasteiger partial charge on any atom is -0.486 e. The van der Waals surface area contributed by atoms with E-state index in [1.54, 1.807) is 0 Å². The van der Waals surface area contributed by atoms with E-state index in [0.29, 0.717) is 25.5 Å². The molecule has 148 valence electrons. The molecule has 0 radical (unpaired) electrons. The van der Waals surface area contributed by atoms with Crippen molar-refractivity contribution in [2.45, 2.75) is 6.54 Å². The van der Waals surface area contributed by atoms with E-state index < -0.39 is 0 Å². The van der Waals surface area contributed by atoms with Crippen LogP contribution in [0.5, 0.6) is 11.5 Å². The number of hydrogen-bond donors (Lipinski definition) is 1. The summed E-state index contributed by atoms with van der Waals surface area (Å²) < 4.78 is 11.1. The number of carbonyl (C=O) groups excluding carboxylic acids is 1. The summed E-state index contributed by atoms with van der Waals surface area (Å²) in [7, 11) is 0. The first-order chi connectivity index (χ1) is 13.7. The van der Waals surface area contributed by atoms with Gasteiger partial charge < -0.3 is 14.8 Å². The molecule has 2 aromatic rings. The molecule has 0 atom stereocenters. The van der Waals surface area contributed by atoms with Crippen LogP contribution in [-0.4, -0.2) is 61.6 Å². The van der Waals surface area contributed by atoms with Crippen molar-refractivity contribution in [1.29, 1.82) is 0 Å². The maximum atomic E-state index is 12.4. The topological polar surface area (TPSA) is 54.0 Å². The highest BCUT2D eigenvalue weighted by Gasteiger charge is 2.19. The number of hydrogen-bond acceptors (Lipinski definition) is 5. The number of carbonyl (C=O) groups is 1. The lowest BCUT2D eigenvalue weighted by Gasteiger charge is -2.34. The van der Waals surface area contributed by atoms with Gasteiger partial charge >= 0.3 is 0 Å².